The minimum atomic E-state index is -0.541. The predicted octanol–water partition coefficient (Wildman–Crippen LogP) is 2.55. The van der Waals surface area contributed by atoms with Crippen molar-refractivity contribution >= 4 is 23.4 Å². The lowest BCUT2D eigenvalue weighted by atomic mass is 10.1. The summed E-state index contributed by atoms with van der Waals surface area (Å²) in [5, 5.41) is 10.9. The molecule has 0 aromatic carbocycles. The molecule has 0 radical (unpaired) electrons. The molecule has 2 atom stereocenters. The van der Waals surface area contributed by atoms with Crippen LogP contribution in [0.2, 0.25) is 0 Å². The second-order valence-electron chi connectivity index (χ2n) is 7.84. The van der Waals surface area contributed by atoms with Crippen molar-refractivity contribution in [3.8, 4) is 0 Å². The molecule has 9 heteroatoms. The topological polar surface area (TPSA) is 115 Å². The first-order valence-corrected chi connectivity index (χ1v) is 8.83. The van der Waals surface area contributed by atoms with Gasteiger partial charge in [-0.05, 0) is 46.1 Å². The Morgan fingerprint density at radius 1 is 1.31 bits per heavy atom. The van der Waals surface area contributed by atoms with Gasteiger partial charge in [0.1, 0.15) is 11.4 Å². The number of nitrogen functional groups attached to an aromatic ring is 1. The zero-order valence-corrected chi connectivity index (χ0v) is 15.3. The summed E-state index contributed by atoms with van der Waals surface area (Å²) in [4.78, 5) is 31.1. The van der Waals surface area contributed by atoms with Crippen LogP contribution in [0, 0.1) is 10.1 Å². The van der Waals surface area contributed by atoms with Crippen molar-refractivity contribution in [3.63, 3.8) is 0 Å². The van der Waals surface area contributed by atoms with E-state index in [1.54, 1.807) is 6.07 Å². The van der Waals surface area contributed by atoms with Gasteiger partial charge in [-0.3, -0.25) is 10.1 Å². The fourth-order valence-corrected chi connectivity index (χ4v) is 3.68. The monoisotopic (exact) mass is 363 g/mol. The number of hydrogen-bond donors (Lipinski definition) is 1. The molecule has 1 aromatic rings. The van der Waals surface area contributed by atoms with Gasteiger partial charge in [0.25, 0.3) is 0 Å². The Balaban J connectivity index is 1.78. The summed E-state index contributed by atoms with van der Waals surface area (Å²) in [6, 6.07) is 3.18. The van der Waals surface area contributed by atoms with Gasteiger partial charge in [0, 0.05) is 25.2 Å². The first kappa shape index (κ1) is 18.2. The Morgan fingerprint density at radius 3 is 2.62 bits per heavy atom. The van der Waals surface area contributed by atoms with E-state index in [1.807, 2.05) is 30.6 Å². The number of rotatable bonds is 2. The summed E-state index contributed by atoms with van der Waals surface area (Å²) >= 11 is 0. The quantitative estimate of drug-likeness (QED) is 0.634. The first-order chi connectivity index (χ1) is 12.2. The molecule has 2 fully saturated rings. The average Bonchev–Trinajstić information content (AvgIpc) is 2.79. The van der Waals surface area contributed by atoms with E-state index in [0.717, 1.165) is 19.3 Å². The van der Waals surface area contributed by atoms with E-state index in [2.05, 4.69) is 4.98 Å². The molecule has 142 valence electrons. The highest BCUT2D eigenvalue weighted by Crippen LogP contribution is 2.33. The highest BCUT2D eigenvalue weighted by molar-refractivity contribution is 5.70. The molecule has 2 bridgehead atoms. The number of pyridine rings is 1. The largest absolute Gasteiger partial charge is 0.444 e. The van der Waals surface area contributed by atoms with E-state index in [-0.39, 0.29) is 29.7 Å². The third-order valence-electron chi connectivity index (χ3n) is 4.80. The molecule has 0 aliphatic carbocycles. The summed E-state index contributed by atoms with van der Waals surface area (Å²) < 4.78 is 5.57. The van der Waals surface area contributed by atoms with Crippen LogP contribution in [-0.2, 0) is 4.74 Å². The number of nitrogens with two attached hydrogens (primary N) is 1. The zero-order chi connectivity index (χ0) is 19.1. The van der Waals surface area contributed by atoms with Gasteiger partial charge in [0.2, 0.25) is 5.82 Å². The molecule has 3 rings (SSSR count). The number of amides is 1. The Bertz CT molecular complexity index is 718. The molecule has 0 spiro atoms. The molecular formula is C17H25N5O4. The van der Waals surface area contributed by atoms with Crippen molar-refractivity contribution in [2.45, 2.75) is 57.7 Å². The van der Waals surface area contributed by atoms with Crippen LogP contribution in [0.15, 0.2) is 12.1 Å². The van der Waals surface area contributed by atoms with Gasteiger partial charge in [0.15, 0.2) is 0 Å². The number of aromatic nitrogens is 1. The number of carbonyl (C=O) groups excluding carboxylic acids is 1. The molecule has 2 aliphatic rings. The molecule has 26 heavy (non-hydrogen) atoms. The lowest BCUT2D eigenvalue weighted by Gasteiger charge is -2.31. The number of carbonyl (C=O) groups is 1. The van der Waals surface area contributed by atoms with E-state index in [1.165, 1.54) is 6.07 Å². The van der Waals surface area contributed by atoms with Crippen LogP contribution in [-0.4, -0.2) is 51.7 Å². The third-order valence-corrected chi connectivity index (χ3v) is 4.80. The molecule has 0 saturated carbocycles. The zero-order valence-electron chi connectivity index (χ0n) is 15.3. The summed E-state index contributed by atoms with van der Waals surface area (Å²) in [6.45, 7) is 6.91. The van der Waals surface area contributed by atoms with Crippen LogP contribution in [0.3, 0.4) is 0 Å². The SMILES string of the molecule is CC(C)(C)OC(=O)N1[C@@H]2CC[C@H]1CN(c1ccc([N+](=O)[O-])c(N)n1)CC2. The van der Waals surface area contributed by atoms with Crippen molar-refractivity contribution in [3.05, 3.63) is 22.2 Å². The molecule has 2 aliphatic heterocycles. The number of nitro groups is 1. The standard InChI is InChI=1S/C17H25N5O4/c1-17(2,3)26-16(23)21-11-4-5-12(21)10-20(9-8-11)14-7-6-13(22(24)25)15(18)19-14/h6-7,11-12H,4-5,8-10H2,1-3H3,(H2,18,19)/t11-,12+/m1/s1. The van der Waals surface area contributed by atoms with Crippen molar-refractivity contribution in [1.82, 2.24) is 9.88 Å². The van der Waals surface area contributed by atoms with E-state index in [9.17, 15) is 14.9 Å². The van der Waals surface area contributed by atoms with Crippen molar-refractivity contribution in [2.75, 3.05) is 23.7 Å². The highest BCUT2D eigenvalue weighted by Gasteiger charge is 2.42. The van der Waals surface area contributed by atoms with Gasteiger partial charge in [-0.15, -0.1) is 0 Å². The van der Waals surface area contributed by atoms with Crippen LogP contribution < -0.4 is 10.6 Å². The Morgan fingerprint density at radius 2 is 2.00 bits per heavy atom. The normalized spacial score (nSPS) is 22.9. The predicted molar refractivity (Wildman–Crippen MR) is 97.0 cm³/mol. The first-order valence-electron chi connectivity index (χ1n) is 8.83. The molecular weight excluding hydrogens is 338 g/mol. The third kappa shape index (κ3) is 3.66. The molecule has 3 heterocycles. The number of ether oxygens (including phenoxy) is 1. The lowest BCUT2D eigenvalue weighted by Crippen LogP contribution is -2.45. The van der Waals surface area contributed by atoms with Crippen LogP contribution >= 0.6 is 0 Å². The second-order valence-corrected chi connectivity index (χ2v) is 7.84. The van der Waals surface area contributed by atoms with E-state index in [4.69, 9.17) is 10.5 Å². The van der Waals surface area contributed by atoms with Gasteiger partial charge >= 0.3 is 11.8 Å². The number of fused-ring (bicyclic) bond motifs is 2. The number of hydrogen-bond acceptors (Lipinski definition) is 7. The summed E-state index contributed by atoms with van der Waals surface area (Å²) in [5.41, 5.74) is 5.00. The van der Waals surface area contributed by atoms with Crippen LogP contribution in [0.4, 0.5) is 22.1 Å². The van der Waals surface area contributed by atoms with Gasteiger partial charge in [-0.25, -0.2) is 9.78 Å². The smallest absolute Gasteiger partial charge is 0.410 e. The van der Waals surface area contributed by atoms with Crippen LogP contribution in [0.25, 0.3) is 0 Å². The van der Waals surface area contributed by atoms with Gasteiger partial charge in [-0.2, -0.15) is 0 Å². The van der Waals surface area contributed by atoms with Gasteiger partial charge in [-0.1, -0.05) is 0 Å². The van der Waals surface area contributed by atoms with Crippen molar-refractivity contribution in [1.29, 1.82) is 0 Å². The van der Waals surface area contributed by atoms with E-state index in [0.29, 0.717) is 18.9 Å². The lowest BCUT2D eigenvalue weighted by molar-refractivity contribution is -0.384. The van der Waals surface area contributed by atoms with Gasteiger partial charge in [0.05, 0.1) is 11.0 Å². The van der Waals surface area contributed by atoms with E-state index < -0.39 is 10.5 Å². The molecule has 1 aromatic heterocycles. The summed E-state index contributed by atoms with van der Waals surface area (Å²) in [5.74, 6) is 0.510. The fraction of sp³-hybridized carbons (Fsp3) is 0.647. The Kier molecular flexibility index (Phi) is 4.64. The fourth-order valence-electron chi connectivity index (χ4n) is 3.68. The minimum Gasteiger partial charge on any atom is -0.444 e. The number of nitrogens with zero attached hydrogens (tertiary/aromatic N) is 4. The Labute approximate surface area is 152 Å². The second kappa shape index (κ2) is 6.62. The molecule has 2 saturated heterocycles. The van der Waals surface area contributed by atoms with Crippen LogP contribution in [0.1, 0.15) is 40.0 Å². The van der Waals surface area contributed by atoms with Crippen molar-refractivity contribution < 1.29 is 14.5 Å². The maximum atomic E-state index is 12.6. The maximum Gasteiger partial charge on any atom is 0.410 e. The molecule has 9 nitrogen and oxygen atoms in total. The Hall–Kier alpha value is -2.58. The maximum absolute atomic E-state index is 12.6. The summed E-state index contributed by atoms with van der Waals surface area (Å²) in [7, 11) is 0. The molecule has 1 amide bonds. The van der Waals surface area contributed by atoms with Crippen LogP contribution in [0.5, 0.6) is 0 Å². The number of anilines is 2. The molecule has 0 unspecified atom stereocenters. The molecule has 2 N–H and O–H groups in total. The van der Waals surface area contributed by atoms with E-state index >= 15 is 0 Å². The van der Waals surface area contributed by atoms with Gasteiger partial charge < -0.3 is 20.3 Å². The minimum absolute atomic E-state index is 0.0376. The highest BCUT2D eigenvalue weighted by atomic mass is 16.6. The van der Waals surface area contributed by atoms with Crippen molar-refractivity contribution in [2.24, 2.45) is 0 Å². The average molecular weight is 363 g/mol. The summed E-state index contributed by atoms with van der Waals surface area (Å²) in [6.07, 6.45) is 2.40.